The van der Waals surface area contributed by atoms with Crippen molar-refractivity contribution in [2.24, 2.45) is 0 Å². The first-order valence-corrected chi connectivity index (χ1v) is 9.85. The van der Waals surface area contributed by atoms with E-state index in [1.807, 2.05) is 67.6 Å². The Morgan fingerprint density at radius 2 is 1.81 bits per heavy atom. The van der Waals surface area contributed by atoms with Gasteiger partial charge in [0.25, 0.3) is 5.91 Å². The number of ether oxygens (including phenoxy) is 1. The van der Waals surface area contributed by atoms with Crippen LogP contribution in [0.25, 0.3) is 0 Å². The van der Waals surface area contributed by atoms with Gasteiger partial charge in [0, 0.05) is 32.5 Å². The molecule has 138 valence electrons. The van der Waals surface area contributed by atoms with Crippen molar-refractivity contribution in [2.75, 3.05) is 12.4 Å². The van der Waals surface area contributed by atoms with Gasteiger partial charge in [-0.05, 0) is 61.0 Å². The molecule has 27 heavy (non-hydrogen) atoms. The molecule has 3 rings (SSSR count). The molecule has 0 bridgehead atoms. The highest BCUT2D eigenvalue weighted by molar-refractivity contribution is 7.98. The van der Waals surface area contributed by atoms with Crippen molar-refractivity contribution in [3.63, 3.8) is 0 Å². The number of anilines is 1. The lowest BCUT2D eigenvalue weighted by molar-refractivity contribution is 0.102. The lowest BCUT2D eigenvalue weighted by Crippen LogP contribution is -2.13. The van der Waals surface area contributed by atoms with Crippen molar-refractivity contribution < 1.29 is 9.53 Å². The average Bonchev–Trinajstić information content (AvgIpc) is 2.69. The van der Waals surface area contributed by atoms with E-state index in [-0.39, 0.29) is 5.91 Å². The number of aryl methyl sites for hydroxylation is 1. The van der Waals surface area contributed by atoms with Crippen molar-refractivity contribution in [3.05, 3.63) is 88.4 Å². The van der Waals surface area contributed by atoms with E-state index in [0.29, 0.717) is 16.3 Å². The number of thioether (sulfide) groups is 1. The number of rotatable bonds is 6. The minimum absolute atomic E-state index is 0.135. The number of hydrogen-bond acceptors (Lipinski definition) is 3. The third-order valence-corrected chi connectivity index (χ3v) is 5.46. The summed E-state index contributed by atoms with van der Waals surface area (Å²) in [5.74, 6) is 1.32. The van der Waals surface area contributed by atoms with Crippen molar-refractivity contribution in [1.82, 2.24) is 0 Å². The van der Waals surface area contributed by atoms with Crippen LogP contribution in [0.2, 0.25) is 5.02 Å². The van der Waals surface area contributed by atoms with Crippen LogP contribution in [-0.2, 0) is 5.75 Å². The summed E-state index contributed by atoms with van der Waals surface area (Å²) >= 11 is 7.60. The zero-order valence-electron chi connectivity index (χ0n) is 15.2. The molecular weight excluding hydrogens is 378 g/mol. The highest BCUT2D eigenvalue weighted by Crippen LogP contribution is 2.30. The number of benzene rings is 3. The largest absolute Gasteiger partial charge is 0.496 e. The quantitative estimate of drug-likeness (QED) is 0.503. The first-order chi connectivity index (χ1) is 13.1. The van der Waals surface area contributed by atoms with Crippen LogP contribution in [-0.4, -0.2) is 13.0 Å². The smallest absolute Gasteiger partial charge is 0.255 e. The van der Waals surface area contributed by atoms with E-state index >= 15 is 0 Å². The maximum atomic E-state index is 12.7. The monoisotopic (exact) mass is 397 g/mol. The first kappa shape index (κ1) is 19.3. The molecule has 0 radical (unpaired) electrons. The van der Waals surface area contributed by atoms with E-state index in [2.05, 4.69) is 5.32 Å². The lowest BCUT2D eigenvalue weighted by Gasteiger charge is -2.12. The Balaban J connectivity index is 1.77. The highest BCUT2D eigenvalue weighted by Gasteiger charge is 2.12. The number of hydrogen-bond donors (Lipinski definition) is 1. The van der Waals surface area contributed by atoms with Gasteiger partial charge in [-0.3, -0.25) is 4.79 Å². The van der Waals surface area contributed by atoms with Crippen LogP contribution in [0.4, 0.5) is 5.69 Å². The van der Waals surface area contributed by atoms with Crippen LogP contribution in [0.3, 0.4) is 0 Å². The van der Waals surface area contributed by atoms with Gasteiger partial charge in [-0.25, -0.2) is 0 Å². The standard InChI is InChI=1S/C22H20ClNO2S/c1-15-5-3-4-6-20(15)24-22(25)16-7-12-21(26-2)17(13-16)14-27-19-10-8-18(23)9-11-19/h3-13H,14H2,1-2H3,(H,24,25). The average molecular weight is 398 g/mol. The molecular formula is C22H20ClNO2S. The van der Waals surface area contributed by atoms with Gasteiger partial charge < -0.3 is 10.1 Å². The molecule has 0 aliphatic heterocycles. The molecule has 3 aromatic carbocycles. The number of nitrogens with one attached hydrogen (secondary N) is 1. The van der Waals surface area contributed by atoms with E-state index in [4.69, 9.17) is 16.3 Å². The van der Waals surface area contributed by atoms with Crippen molar-refractivity contribution in [2.45, 2.75) is 17.6 Å². The molecule has 5 heteroatoms. The Kier molecular flexibility index (Phi) is 6.43. The van der Waals surface area contributed by atoms with Crippen molar-refractivity contribution >= 4 is 35.0 Å². The second kappa shape index (κ2) is 8.98. The Hall–Kier alpha value is -2.43. The molecule has 0 aliphatic rings. The normalized spacial score (nSPS) is 10.5. The molecule has 1 N–H and O–H groups in total. The molecule has 0 heterocycles. The number of methoxy groups -OCH3 is 1. The molecule has 0 aromatic heterocycles. The zero-order chi connectivity index (χ0) is 19.2. The van der Waals surface area contributed by atoms with Gasteiger partial charge in [0.15, 0.2) is 0 Å². The second-order valence-corrected chi connectivity index (χ2v) is 7.52. The van der Waals surface area contributed by atoms with Crippen LogP contribution in [0.1, 0.15) is 21.5 Å². The van der Waals surface area contributed by atoms with E-state index in [9.17, 15) is 4.79 Å². The Bertz CT molecular complexity index is 941. The van der Waals surface area contributed by atoms with Gasteiger partial charge in [0.1, 0.15) is 5.75 Å². The third-order valence-electron chi connectivity index (χ3n) is 4.14. The van der Waals surface area contributed by atoms with Crippen molar-refractivity contribution in [1.29, 1.82) is 0 Å². The van der Waals surface area contributed by atoms with Gasteiger partial charge in [-0.2, -0.15) is 0 Å². The molecule has 0 unspecified atom stereocenters. The fourth-order valence-electron chi connectivity index (χ4n) is 2.63. The first-order valence-electron chi connectivity index (χ1n) is 8.49. The van der Waals surface area contributed by atoms with Gasteiger partial charge >= 0.3 is 0 Å². The summed E-state index contributed by atoms with van der Waals surface area (Å²) in [6, 6.07) is 20.9. The van der Waals surface area contributed by atoms with E-state index < -0.39 is 0 Å². The lowest BCUT2D eigenvalue weighted by atomic mass is 10.1. The van der Waals surface area contributed by atoms with E-state index in [1.165, 1.54) is 0 Å². The predicted molar refractivity (Wildman–Crippen MR) is 113 cm³/mol. The van der Waals surface area contributed by atoms with Gasteiger partial charge in [-0.15, -0.1) is 11.8 Å². The maximum Gasteiger partial charge on any atom is 0.255 e. The summed E-state index contributed by atoms with van der Waals surface area (Å²) < 4.78 is 5.46. The minimum atomic E-state index is -0.135. The molecule has 1 amide bonds. The number of carbonyl (C=O) groups is 1. The SMILES string of the molecule is COc1ccc(C(=O)Nc2ccccc2C)cc1CSc1ccc(Cl)cc1. The molecule has 0 saturated heterocycles. The summed E-state index contributed by atoms with van der Waals surface area (Å²) in [6.07, 6.45) is 0. The number of halogens is 1. The van der Waals surface area contributed by atoms with Gasteiger partial charge in [0.2, 0.25) is 0 Å². The highest BCUT2D eigenvalue weighted by atomic mass is 35.5. The molecule has 0 atom stereocenters. The summed E-state index contributed by atoms with van der Waals surface area (Å²) in [5.41, 5.74) is 3.41. The van der Waals surface area contributed by atoms with Crippen LogP contribution in [0.5, 0.6) is 5.75 Å². The summed E-state index contributed by atoms with van der Waals surface area (Å²) in [4.78, 5) is 13.8. The van der Waals surface area contributed by atoms with Crippen LogP contribution in [0.15, 0.2) is 71.6 Å². The van der Waals surface area contributed by atoms with Gasteiger partial charge in [0.05, 0.1) is 7.11 Å². The van der Waals surface area contributed by atoms with E-state index in [1.54, 1.807) is 24.9 Å². The Labute approximate surface area is 168 Å². The topological polar surface area (TPSA) is 38.3 Å². The fourth-order valence-corrected chi connectivity index (χ4v) is 3.63. The molecule has 0 saturated carbocycles. The summed E-state index contributed by atoms with van der Waals surface area (Å²) in [6.45, 7) is 1.97. The summed E-state index contributed by atoms with van der Waals surface area (Å²) in [7, 11) is 1.64. The van der Waals surface area contributed by atoms with Crippen molar-refractivity contribution in [3.8, 4) is 5.75 Å². The molecule has 0 spiro atoms. The van der Waals surface area contributed by atoms with Crippen LogP contribution in [0, 0.1) is 6.92 Å². The molecule has 3 nitrogen and oxygen atoms in total. The fraction of sp³-hybridized carbons (Fsp3) is 0.136. The zero-order valence-corrected chi connectivity index (χ0v) is 16.7. The van der Waals surface area contributed by atoms with Crippen LogP contribution >= 0.6 is 23.4 Å². The Morgan fingerprint density at radius 3 is 2.52 bits per heavy atom. The maximum absolute atomic E-state index is 12.7. The Morgan fingerprint density at radius 1 is 1.07 bits per heavy atom. The van der Waals surface area contributed by atoms with Crippen LogP contribution < -0.4 is 10.1 Å². The third kappa shape index (κ3) is 5.06. The molecule has 0 fully saturated rings. The second-order valence-electron chi connectivity index (χ2n) is 6.04. The number of amides is 1. The number of carbonyl (C=O) groups excluding carboxylic acids is 1. The molecule has 3 aromatic rings. The summed E-state index contributed by atoms with van der Waals surface area (Å²) in [5, 5.41) is 3.68. The predicted octanol–water partition coefficient (Wildman–Crippen LogP) is 6.20. The number of para-hydroxylation sites is 1. The van der Waals surface area contributed by atoms with E-state index in [0.717, 1.165) is 27.5 Å². The minimum Gasteiger partial charge on any atom is -0.496 e. The van der Waals surface area contributed by atoms with Gasteiger partial charge in [-0.1, -0.05) is 29.8 Å². The molecule has 0 aliphatic carbocycles.